The van der Waals surface area contributed by atoms with Crippen LogP contribution >= 0.6 is 0 Å². The minimum atomic E-state index is -0.278. The van der Waals surface area contributed by atoms with Gasteiger partial charge in [-0.1, -0.05) is 13.8 Å². The van der Waals surface area contributed by atoms with Crippen molar-refractivity contribution in [3.8, 4) is 11.5 Å². The molecule has 19 heavy (non-hydrogen) atoms. The molecule has 3 nitrogen and oxygen atoms in total. The second kappa shape index (κ2) is 6.29. The van der Waals surface area contributed by atoms with Crippen LogP contribution < -0.4 is 10.1 Å². The van der Waals surface area contributed by atoms with Crippen molar-refractivity contribution in [3.05, 3.63) is 54.1 Å². The van der Waals surface area contributed by atoms with E-state index < -0.39 is 0 Å². The van der Waals surface area contributed by atoms with Crippen molar-refractivity contribution in [1.29, 1.82) is 0 Å². The topological polar surface area (TPSA) is 34.2 Å². The van der Waals surface area contributed by atoms with Gasteiger partial charge in [-0.2, -0.15) is 0 Å². The molecule has 0 aliphatic rings. The van der Waals surface area contributed by atoms with Crippen LogP contribution in [0.1, 0.15) is 19.4 Å². The number of rotatable bonds is 5. The Bertz CT molecular complexity index is 526. The molecule has 0 atom stereocenters. The van der Waals surface area contributed by atoms with E-state index in [4.69, 9.17) is 4.74 Å². The lowest BCUT2D eigenvalue weighted by Crippen LogP contribution is -2.22. The lowest BCUT2D eigenvalue weighted by Gasteiger charge is -2.12. The monoisotopic (exact) mass is 260 g/mol. The Morgan fingerprint density at radius 1 is 1.21 bits per heavy atom. The third kappa shape index (κ3) is 4.03. The first-order valence-corrected chi connectivity index (χ1v) is 6.25. The van der Waals surface area contributed by atoms with Crippen LogP contribution in [-0.4, -0.2) is 11.0 Å². The Balaban J connectivity index is 2.13. The third-order valence-electron chi connectivity index (χ3n) is 2.61. The van der Waals surface area contributed by atoms with Gasteiger partial charge in [0.05, 0.1) is 6.20 Å². The molecule has 1 aromatic heterocycles. The Morgan fingerprint density at radius 2 is 1.95 bits per heavy atom. The molecule has 4 heteroatoms. The van der Waals surface area contributed by atoms with Gasteiger partial charge < -0.3 is 10.1 Å². The number of pyridine rings is 1. The van der Waals surface area contributed by atoms with Gasteiger partial charge in [-0.3, -0.25) is 4.98 Å². The van der Waals surface area contributed by atoms with Crippen LogP contribution in [0.2, 0.25) is 0 Å². The van der Waals surface area contributed by atoms with Crippen LogP contribution in [0.15, 0.2) is 42.7 Å². The normalized spacial score (nSPS) is 10.7. The number of halogens is 1. The maximum Gasteiger partial charge on any atom is 0.150 e. The Kier molecular flexibility index (Phi) is 4.47. The highest BCUT2D eigenvalue weighted by molar-refractivity contribution is 5.35. The largest absolute Gasteiger partial charge is 0.455 e. The fourth-order valence-corrected chi connectivity index (χ4v) is 1.59. The summed E-state index contributed by atoms with van der Waals surface area (Å²) in [5.41, 5.74) is 1.02. The van der Waals surface area contributed by atoms with Gasteiger partial charge in [-0.15, -0.1) is 0 Å². The molecular weight excluding hydrogens is 243 g/mol. The van der Waals surface area contributed by atoms with Gasteiger partial charge >= 0.3 is 0 Å². The van der Waals surface area contributed by atoms with Crippen molar-refractivity contribution in [2.75, 3.05) is 0 Å². The molecule has 0 spiro atoms. The number of benzene rings is 1. The van der Waals surface area contributed by atoms with Gasteiger partial charge in [-0.05, 0) is 30.3 Å². The predicted octanol–water partition coefficient (Wildman–Crippen LogP) is 3.51. The Labute approximate surface area is 112 Å². The summed E-state index contributed by atoms with van der Waals surface area (Å²) in [6.45, 7) is 4.88. The van der Waals surface area contributed by atoms with Crippen LogP contribution in [-0.2, 0) is 6.54 Å². The van der Waals surface area contributed by atoms with E-state index in [0.29, 0.717) is 24.1 Å². The van der Waals surface area contributed by atoms with E-state index in [9.17, 15) is 4.39 Å². The summed E-state index contributed by atoms with van der Waals surface area (Å²) < 4.78 is 18.6. The quantitative estimate of drug-likeness (QED) is 0.893. The summed E-state index contributed by atoms with van der Waals surface area (Å²) in [4.78, 5) is 4.06. The highest BCUT2D eigenvalue weighted by Crippen LogP contribution is 2.24. The van der Waals surface area contributed by atoms with Crippen molar-refractivity contribution in [1.82, 2.24) is 10.3 Å². The second-order valence-corrected chi connectivity index (χ2v) is 4.57. The highest BCUT2D eigenvalue weighted by atomic mass is 19.1. The van der Waals surface area contributed by atoms with Crippen LogP contribution in [0, 0.1) is 5.82 Å². The molecule has 0 saturated heterocycles. The summed E-state index contributed by atoms with van der Waals surface area (Å²) in [6.07, 6.45) is 3.40. The van der Waals surface area contributed by atoms with Crippen molar-refractivity contribution >= 4 is 0 Å². The number of ether oxygens (including phenoxy) is 1. The maximum absolute atomic E-state index is 12.8. The molecule has 2 rings (SSSR count). The first-order chi connectivity index (χ1) is 9.15. The number of aromatic nitrogens is 1. The number of hydrogen-bond acceptors (Lipinski definition) is 3. The summed E-state index contributed by atoms with van der Waals surface area (Å²) >= 11 is 0. The average Bonchev–Trinajstić information content (AvgIpc) is 2.40. The molecule has 0 saturated carbocycles. The Morgan fingerprint density at radius 3 is 2.63 bits per heavy atom. The van der Waals surface area contributed by atoms with E-state index in [0.717, 1.165) is 5.56 Å². The van der Waals surface area contributed by atoms with E-state index in [1.165, 1.54) is 12.1 Å². The SMILES string of the molecule is CC(C)NCc1ccncc1Oc1ccc(F)cc1. The van der Waals surface area contributed by atoms with Crippen molar-refractivity contribution in [2.24, 2.45) is 0 Å². The van der Waals surface area contributed by atoms with Crippen molar-refractivity contribution < 1.29 is 9.13 Å². The van der Waals surface area contributed by atoms with Gasteiger partial charge in [0.15, 0.2) is 0 Å². The molecule has 0 radical (unpaired) electrons. The minimum Gasteiger partial charge on any atom is -0.455 e. The summed E-state index contributed by atoms with van der Waals surface area (Å²) in [5, 5.41) is 3.33. The maximum atomic E-state index is 12.8. The third-order valence-corrected chi connectivity index (χ3v) is 2.61. The zero-order chi connectivity index (χ0) is 13.7. The molecule has 0 amide bonds. The van der Waals surface area contributed by atoms with E-state index in [2.05, 4.69) is 24.1 Å². The standard InChI is InChI=1S/C15H17FN2O/c1-11(2)18-9-12-7-8-17-10-15(12)19-14-5-3-13(16)4-6-14/h3-8,10-11,18H,9H2,1-2H3. The molecule has 0 bridgehead atoms. The fourth-order valence-electron chi connectivity index (χ4n) is 1.59. The molecule has 1 N–H and O–H groups in total. The van der Waals surface area contributed by atoms with Crippen LogP contribution in [0.4, 0.5) is 4.39 Å². The van der Waals surface area contributed by atoms with Gasteiger partial charge in [0.2, 0.25) is 0 Å². The van der Waals surface area contributed by atoms with Gasteiger partial charge in [0, 0.05) is 24.3 Å². The fraction of sp³-hybridized carbons (Fsp3) is 0.267. The van der Waals surface area contributed by atoms with Gasteiger partial charge in [-0.25, -0.2) is 4.39 Å². The summed E-state index contributed by atoms with van der Waals surface area (Å²) in [5.74, 6) is 1.00. The number of nitrogens with one attached hydrogen (secondary N) is 1. The van der Waals surface area contributed by atoms with Crippen LogP contribution in [0.5, 0.6) is 11.5 Å². The van der Waals surface area contributed by atoms with E-state index in [1.54, 1.807) is 24.5 Å². The molecule has 0 fully saturated rings. The summed E-state index contributed by atoms with van der Waals surface area (Å²) in [6, 6.07) is 8.25. The smallest absolute Gasteiger partial charge is 0.150 e. The first-order valence-electron chi connectivity index (χ1n) is 6.25. The van der Waals surface area contributed by atoms with Crippen molar-refractivity contribution in [3.63, 3.8) is 0 Å². The lowest BCUT2D eigenvalue weighted by atomic mass is 10.2. The molecule has 1 aromatic carbocycles. The molecule has 2 aromatic rings. The zero-order valence-corrected chi connectivity index (χ0v) is 11.1. The molecule has 0 aliphatic heterocycles. The van der Waals surface area contributed by atoms with Crippen LogP contribution in [0.3, 0.4) is 0 Å². The number of nitrogens with zero attached hydrogens (tertiary/aromatic N) is 1. The molecular formula is C15H17FN2O. The van der Waals surface area contributed by atoms with E-state index >= 15 is 0 Å². The highest BCUT2D eigenvalue weighted by Gasteiger charge is 2.05. The van der Waals surface area contributed by atoms with Gasteiger partial charge in [0.25, 0.3) is 0 Å². The van der Waals surface area contributed by atoms with Gasteiger partial charge in [0.1, 0.15) is 17.3 Å². The Hall–Kier alpha value is -1.94. The van der Waals surface area contributed by atoms with Crippen LogP contribution in [0.25, 0.3) is 0 Å². The number of hydrogen-bond donors (Lipinski definition) is 1. The predicted molar refractivity (Wildman–Crippen MR) is 72.7 cm³/mol. The molecule has 0 aliphatic carbocycles. The second-order valence-electron chi connectivity index (χ2n) is 4.57. The molecule has 100 valence electrons. The zero-order valence-electron chi connectivity index (χ0n) is 11.1. The first kappa shape index (κ1) is 13.5. The minimum absolute atomic E-state index is 0.278. The van der Waals surface area contributed by atoms with E-state index in [-0.39, 0.29) is 5.82 Å². The molecule has 0 unspecified atom stereocenters. The van der Waals surface area contributed by atoms with E-state index in [1.807, 2.05) is 6.07 Å². The average molecular weight is 260 g/mol. The van der Waals surface area contributed by atoms with Crippen molar-refractivity contribution in [2.45, 2.75) is 26.4 Å². The molecule has 1 heterocycles. The lowest BCUT2D eigenvalue weighted by molar-refractivity contribution is 0.465. The summed E-state index contributed by atoms with van der Waals surface area (Å²) in [7, 11) is 0.